The first-order valence-corrected chi connectivity index (χ1v) is 7.74. The fourth-order valence-corrected chi connectivity index (χ4v) is 3.62. The maximum Gasteiger partial charge on any atom is 0.359 e. The third-order valence-corrected chi connectivity index (χ3v) is 4.52. The molecular weight excluding hydrogens is 232 g/mol. The van der Waals surface area contributed by atoms with Crippen LogP contribution in [0.15, 0.2) is 18.2 Å². The number of hydrogen-bond donors (Lipinski definition) is 1. The number of para-hydroxylation sites is 1. The molecule has 3 nitrogen and oxygen atoms in total. The summed E-state index contributed by atoms with van der Waals surface area (Å²) >= 11 is 0. The van der Waals surface area contributed by atoms with Gasteiger partial charge in [0, 0.05) is 18.4 Å². The summed E-state index contributed by atoms with van der Waals surface area (Å²) in [5.74, 6) is 0.330. The Morgan fingerprint density at radius 1 is 1.12 bits per heavy atom. The summed E-state index contributed by atoms with van der Waals surface area (Å²) in [4.78, 5) is 0. The van der Waals surface area contributed by atoms with Crippen LogP contribution in [-0.4, -0.2) is 27.6 Å². The van der Waals surface area contributed by atoms with Crippen LogP contribution in [0, 0.1) is 6.92 Å². The van der Waals surface area contributed by atoms with Gasteiger partial charge in [-0.25, -0.2) is 0 Å². The van der Waals surface area contributed by atoms with Gasteiger partial charge in [-0.15, -0.1) is 0 Å². The summed E-state index contributed by atoms with van der Waals surface area (Å²) in [5, 5.41) is 10.9. The molecule has 1 aromatic rings. The van der Waals surface area contributed by atoms with Crippen LogP contribution in [0.2, 0.25) is 0 Å². The molecule has 0 aliphatic carbocycles. The van der Waals surface area contributed by atoms with E-state index in [1.54, 1.807) is 0 Å². The van der Waals surface area contributed by atoms with E-state index in [1.807, 2.05) is 25.1 Å². The van der Waals surface area contributed by atoms with E-state index in [1.165, 1.54) is 0 Å². The highest BCUT2D eigenvalue weighted by Gasteiger charge is 2.20. The summed E-state index contributed by atoms with van der Waals surface area (Å²) < 4.78 is 11.5. The second kappa shape index (κ2) is 7.48. The van der Waals surface area contributed by atoms with Crippen LogP contribution in [0.1, 0.15) is 32.3 Å². The lowest BCUT2D eigenvalue weighted by molar-refractivity contribution is 0.207. The highest BCUT2D eigenvalue weighted by molar-refractivity contribution is 6.62. The van der Waals surface area contributed by atoms with Gasteiger partial charge in [0.1, 0.15) is 5.75 Å². The molecule has 4 heteroatoms. The Bertz CT molecular complexity index is 333. The molecule has 0 amide bonds. The minimum Gasteiger partial charge on any atom is -0.508 e. The summed E-state index contributed by atoms with van der Waals surface area (Å²) in [5.41, 5.74) is 0.875. The Balaban J connectivity index is 2.83. The summed E-state index contributed by atoms with van der Waals surface area (Å²) in [6, 6.07) is 5.74. The fourth-order valence-electron chi connectivity index (χ4n) is 1.55. The van der Waals surface area contributed by atoms with E-state index in [4.69, 9.17) is 8.85 Å². The van der Waals surface area contributed by atoms with Gasteiger partial charge in [-0.1, -0.05) is 32.0 Å². The van der Waals surface area contributed by atoms with Gasteiger partial charge < -0.3 is 14.0 Å². The molecule has 17 heavy (non-hydrogen) atoms. The maximum absolute atomic E-state index is 10.0. The Morgan fingerprint density at radius 3 is 2.24 bits per heavy atom. The lowest BCUT2D eigenvalue weighted by Crippen LogP contribution is -2.38. The third kappa shape index (κ3) is 4.15. The number of hydrogen-bond acceptors (Lipinski definition) is 3. The molecule has 0 bridgehead atoms. The van der Waals surface area contributed by atoms with Crippen LogP contribution in [0.4, 0.5) is 0 Å². The first kappa shape index (κ1) is 14.2. The van der Waals surface area contributed by atoms with Gasteiger partial charge >= 0.3 is 9.28 Å². The van der Waals surface area contributed by atoms with E-state index < -0.39 is 9.28 Å². The molecule has 0 fully saturated rings. The van der Waals surface area contributed by atoms with Crippen molar-refractivity contribution in [1.29, 1.82) is 0 Å². The lowest BCUT2D eigenvalue weighted by atomic mass is 10.2. The Hall–Kier alpha value is -0.843. The van der Waals surface area contributed by atoms with Crippen molar-refractivity contribution in [1.82, 2.24) is 0 Å². The maximum atomic E-state index is 10.0. The van der Waals surface area contributed by atoms with Crippen molar-refractivity contribution in [3.63, 3.8) is 0 Å². The zero-order chi connectivity index (χ0) is 12.7. The molecule has 0 aliphatic rings. The normalized spacial score (nSPS) is 11.1. The summed E-state index contributed by atoms with van der Waals surface area (Å²) in [6.07, 6.45) is 1.93. The second-order valence-corrected chi connectivity index (χ2v) is 6.04. The molecule has 1 N–H and O–H groups in total. The van der Waals surface area contributed by atoms with Crippen molar-refractivity contribution in [2.75, 3.05) is 13.2 Å². The number of phenolic OH excluding ortho intramolecular Hbond substituents is 1. The monoisotopic (exact) mass is 254 g/mol. The molecule has 0 heterocycles. The Morgan fingerprint density at radius 2 is 1.71 bits per heavy atom. The van der Waals surface area contributed by atoms with Gasteiger partial charge in [-0.3, -0.25) is 0 Å². The van der Waals surface area contributed by atoms with E-state index in [-0.39, 0.29) is 0 Å². The topological polar surface area (TPSA) is 38.7 Å². The minimum absolute atomic E-state index is 0.330. The SMILES string of the molecule is CCCO[SiH](OCCC)c1cccc(C)c1O. The van der Waals surface area contributed by atoms with E-state index in [0.717, 1.165) is 23.6 Å². The largest absolute Gasteiger partial charge is 0.508 e. The number of phenols is 1. The van der Waals surface area contributed by atoms with Crippen LogP contribution >= 0.6 is 0 Å². The summed E-state index contributed by atoms with van der Waals surface area (Å²) in [7, 11) is -1.94. The Labute approximate surface area is 105 Å². The van der Waals surface area contributed by atoms with Crippen molar-refractivity contribution >= 4 is 14.5 Å². The van der Waals surface area contributed by atoms with Gasteiger partial charge in [-0.05, 0) is 25.3 Å². The van der Waals surface area contributed by atoms with Crippen molar-refractivity contribution < 1.29 is 14.0 Å². The average molecular weight is 254 g/mol. The first-order valence-electron chi connectivity index (χ1n) is 6.22. The molecule has 0 unspecified atom stereocenters. The van der Waals surface area contributed by atoms with E-state index in [2.05, 4.69) is 13.8 Å². The minimum atomic E-state index is -1.94. The smallest absolute Gasteiger partial charge is 0.359 e. The molecule has 0 atom stereocenters. The van der Waals surface area contributed by atoms with Gasteiger partial charge in [0.05, 0.1) is 0 Å². The number of rotatable bonds is 7. The predicted molar refractivity (Wildman–Crippen MR) is 72.1 cm³/mol. The van der Waals surface area contributed by atoms with E-state index in [9.17, 15) is 5.11 Å². The number of aromatic hydroxyl groups is 1. The molecule has 1 aromatic carbocycles. The van der Waals surface area contributed by atoms with Crippen LogP contribution in [-0.2, 0) is 8.85 Å². The lowest BCUT2D eigenvalue weighted by Gasteiger charge is -2.18. The van der Waals surface area contributed by atoms with Crippen LogP contribution in [0.3, 0.4) is 0 Å². The van der Waals surface area contributed by atoms with Crippen LogP contribution in [0.5, 0.6) is 5.75 Å². The second-order valence-electron chi connectivity index (χ2n) is 4.09. The zero-order valence-electron chi connectivity index (χ0n) is 10.9. The molecular formula is C13H22O3Si. The third-order valence-electron chi connectivity index (χ3n) is 2.47. The fraction of sp³-hybridized carbons (Fsp3) is 0.538. The van der Waals surface area contributed by atoms with Gasteiger partial charge in [0.2, 0.25) is 0 Å². The van der Waals surface area contributed by atoms with E-state index in [0.29, 0.717) is 19.0 Å². The molecule has 0 saturated heterocycles. The van der Waals surface area contributed by atoms with Crippen molar-refractivity contribution in [3.05, 3.63) is 23.8 Å². The molecule has 0 spiro atoms. The average Bonchev–Trinajstić information content (AvgIpc) is 2.34. The van der Waals surface area contributed by atoms with Crippen molar-refractivity contribution in [2.45, 2.75) is 33.6 Å². The van der Waals surface area contributed by atoms with Gasteiger partial charge in [0.25, 0.3) is 0 Å². The standard InChI is InChI=1S/C13H22O3Si/c1-4-9-15-17(16-10-5-2)12-8-6-7-11(3)13(12)14/h6-8,14,17H,4-5,9-10H2,1-3H3. The van der Waals surface area contributed by atoms with Crippen LogP contribution in [0.25, 0.3) is 0 Å². The number of aryl methyl sites for hydroxylation is 1. The molecule has 0 saturated carbocycles. The quantitative estimate of drug-likeness (QED) is 0.756. The van der Waals surface area contributed by atoms with Gasteiger partial charge in [0.15, 0.2) is 0 Å². The molecule has 1 rings (SSSR count). The van der Waals surface area contributed by atoms with E-state index >= 15 is 0 Å². The van der Waals surface area contributed by atoms with Crippen molar-refractivity contribution in [2.24, 2.45) is 0 Å². The molecule has 0 aliphatic heterocycles. The molecule has 0 aromatic heterocycles. The van der Waals surface area contributed by atoms with Crippen LogP contribution < -0.4 is 5.19 Å². The highest BCUT2D eigenvalue weighted by Crippen LogP contribution is 2.13. The Kier molecular flexibility index (Phi) is 6.25. The first-order chi connectivity index (χ1) is 8.20. The highest BCUT2D eigenvalue weighted by atomic mass is 28.3. The molecule has 96 valence electrons. The predicted octanol–water partition coefficient (Wildman–Crippen LogP) is 1.98. The van der Waals surface area contributed by atoms with Crippen molar-refractivity contribution in [3.8, 4) is 5.75 Å². The summed E-state index contributed by atoms with van der Waals surface area (Å²) in [6.45, 7) is 7.41. The van der Waals surface area contributed by atoms with Gasteiger partial charge in [-0.2, -0.15) is 0 Å². The molecule has 0 radical (unpaired) electrons. The number of benzene rings is 1. The zero-order valence-corrected chi connectivity index (χ0v) is 12.1.